The van der Waals surface area contributed by atoms with Gasteiger partial charge in [0.15, 0.2) is 0 Å². The lowest BCUT2D eigenvalue weighted by Gasteiger charge is -1.99. The second kappa shape index (κ2) is 2.41. The third-order valence-corrected chi connectivity index (χ3v) is 1.10. The number of anilines is 1. The van der Waals surface area contributed by atoms with Gasteiger partial charge in [0.1, 0.15) is 11.6 Å². The van der Waals surface area contributed by atoms with Crippen LogP contribution >= 0.6 is 0 Å². The normalized spacial score (nSPS) is 11.2. The van der Waals surface area contributed by atoms with Crippen molar-refractivity contribution in [2.75, 3.05) is 5.73 Å². The summed E-state index contributed by atoms with van der Waals surface area (Å²) in [5.74, 6) is -0.621. The van der Waals surface area contributed by atoms with Gasteiger partial charge in [0, 0.05) is 0 Å². The quantitative estimate of drug-likeness (QED) is 0.644. The van der Waals surface area contributed by atoms with E-state index in [4.69, 9.17) is 11.0 Å². The molecule has 64 valence electrons. The third-order valence-electron chi connectivity index (χ3n) is 1.10. The number of nitrogens with zero attached hydrogens (tertiary/aromatic N) is 2. The van der Waals surface area contributed by atoms with E-state index in [1.54, 1.807) is 0 Å². The molecule has 0 aliphatic rings. The third kappa shape index (κ3) is 1.18. The van der Waals surface area contributed by atoms with Crippen molar-refractivity contribution in [1.29, 1.82) is 5.26 Å². The molecule has 0 aliphatic carbocycles. The molecule has 0 unspecified atom stereocenters. The highest BCUT2D eigenvalue weighted by molar-refractivity contribution is 5.49. The van der Waals surface area contributed by atoms with E-state index in [9.17, 15) is 13.2 Å². The molecule has 1 rings (SSSR count). The van der Waals surface area contributed by atoms with Crippen LogP contribution in [0.15, 0.2) is 4.52 Å². The van der Waals surface area contributed by atoms with E-state index in [1.807, 2.05) is 0 Å². The molecule has 0 saturated heterocycles. The highest BCUT2D eigenvalue weighted by Crippen LogP contribution is 2.32. The van der Waals surface area contributed by atoms with Crippen LogP contribution in [0.2, 0.25) is 0 Å². The molecule has 1 aromatic heterocycles. The van der Waals surface area contributed by atoms with Crippen molar-refractivity contribution in [3.63, 3.8) is 0 Å². The maximum absolute atomic E-state index is 11.9. The number of nitrogens with two attached hydrogens (primary N) is 1. The number of halogens is 3. The van der Waals surface area contributed by atoms with E-state index < -0.39 is 23.3 Å². The summed E-state index contributed by atoms with van der Waals surface area (Å²) in [6, 6.07) is 1.25. The van der Waals surface area contributed by atoms with Crippen molar-refractivity contribution in [2.45, 2.75) is 6.18 Å². The standard InChI is InChI=1S/C5H2F3N3O/c6-5(7,8)3-2(1-9)4(10)12-11-3/h10H2. The first kappa shape index (κ1) is 8.39. The Labute approximate surface area is 64.4 Å². The molecule has 7 heteroatoms. The summed E-state index contributed by atoms with van der Waals surface area (Å²) >= 11 is 0. The lowest BCUT2D eigenvalue weighted by Crippen LogP contribution is -2.07. The number of hydrogen-bond acceptors (Lipinski definition) is 4. The predicted octanol–water partition coefficient (Wildman–Crippen LogP) is 1.15. The molecule has 0 spiro atoms. The average molecular weight is 177 g/mol. The van der Waals surface area contributed by atoms with Gasteiger partial charge in [-0.15, -0.1) is 0 Å². The van der Waals surface area contributed by atoms with Crippen molar-refractivity contribution in [3.8, 4) is 6.07 Å². The molecule has 0 aromatic carbocycles. The first-order valence-corrected chi connectivity index (χ1v) is 2.69. The van der Waals surface area contributed by atoms with E-state index in [-0.39, 0.29) is 0 Å². The molecule has 0 fully saturated rings. The Kier molecular flexibility index (Phi) is 1.68. The van der Waals surface area contributed by atoms with Gasteiger partial charge in [-0.1, -0.05) is 5.16 Å². The first-order chi connectivity index (χ1) is 5.46. The molecule has 0 radical (unpaired) electrons. The number of rotatable bonds is 0. The molecule has 1 aromatic rings. The van der Waals surface area contributed by atoms with Gasteiger partial charge >= 0.3 is 6.18 Å². The minimum atomic E-state index is -4.70. The van der Waals surface area contributed by atoms with Gasteiger partial charge in [0.2, 0.25) is 11.6 Å². The van der Waals surface area contributed by atoms with Crippen LogP contribution in [-0.4, -0.2) is 5.16 Å². The topological polar surface area (TPSA) is 75.8 Å². The largest absolute Gasteiger partial charge is 0.438 e. The lowest BCUT2D eigenvalue weighted by molar-refractivity contribution is -0.142. The molecular formula is C5H2F3N3O. The first-order valence-electron chi connectivity index (χ1n) is 2.69. The molecule has 12 heavy (non-hydrogen) atoms. The van der Waals surface area contributed by atoms with E-state index in [1.165, 1.54) is 6.07 Å². The summed E-state index contributed by atoms with van der Waals surface area (Å²) in [6.07, 6.45) is -4.70. The van der Waals surface area contributed by atoms with Gasteiger partial charge in [0.05, 0.1) is 0 Å². The zero-order valence-corrected chi connectivity index (χ0v) is 5.51. The van der Waals surface area contributed by atoms with Crippen LogP contribution in [0, 0.1) is 11.3 Å². The van der Waals surface area contributed by atoms with Gasteiger partial charge in [-0.05, 0) is 0 Å². The van der Waals surface area contributed by atoms with Gasteiger partial charge in [-0.3, -0.25) is 0 Å². The minimum absolute atomic E-state index is 0.621. The smallest absolute Gasteiger partial charge is 0.366 e. The van der Waals surface area contributed by atoms with E-state index in [2.05, 4.69) is 9.68 Å². The Bertz CT molecular complexity index is 335. The van der Waals surface area contributed by atoms with Crippen LogP contribution < -0.4 is 5.73 Å². The maximum Gasteiger partial charge on any atom is 0.438 e. The summed E-state index contributed by atoms with van der Waals surface area (Å²) in [5.41, 5.74) is 2.73. The van der Waals surface area contributed by atoms with E-state index in [0.29, 0.717) is 0 Å². The molecule has 0 amide bonds. The Morgan fingerprint density at radius 2 is 2.08 bits per heavy atom. The Morgan fingerprint density at radius 3 is 2.42 bits per heavy atom. The van der Waals surface area contributed by atoms with Crippen molar-refractivity contribution in [2.24, 2.45) is 0 Å². The van der Waals surface area contributed by atoms with Crippen LogP contribution in [0.1, 0.15) is 11.3 Å². The van der Waals surface area contributed by atoms with Gasteiger partial charge < -0.3 is 10.3 Å². The van der Waals surface area contributed by atoms with Gasteiger partial charge in [-0.2, -0.15) is 18.4 Å². The lowest BCUT2D eigenvalue weighted by atomic mass is 10.2. The number of nitriles is 1. The van der Waals surface area contributed by atoms with Gasteiger partial charge in [-0.25, -0.2) is 0 Å². The fraction of sp³-hybridized carbons (Fsp3) is 0.200. The summed E-state index contributed by atoms with van der Waals surface area (Å²) in [7, 11) is 0. The minimum Gasteiger partial charge on any atom is -0.366 e. The number of aromatic nitrogens is 1. The Hall–Kier alpha value is -1.71. The van der Waals surface area contributed by atoms with Gasteiger partial charge in [0.25, 0.3) is 0 Å². The predicted molar refractivity (Wildman–Crippen MR) is 30.6 cm³/mol. The van der Waals surface area contributed by atoms with Crippen LogP contribution in [0.5, 0.6) is 0 Å². The highest BCUT2D eigenvalue weighted by atomic mass is 19.4. The second-order valence-corrected chi connectivity index (χ2v) is 1.88. The molecule has 0 saturated carbocycles. The molecule has 4 nitrogen and oxygen atoms in total. The number of hydrogen-bond donors (Lipinski definition) is 1. The SMILES string of the molecule is N#Cc1c(C(F)(F)F)noc1N. The fourth-order valence-corrected chi connectivity index (χ4v) is 0.604. The Balaban J connectivity index is 3.28. The maximum atomic E-state index is 11.9. The van der Waals surface area contributed by atoms with Crippen LogP contribution in [-0.2, 0) is 6.18 Å². The monoisotopic (exact) mass is 177 g/mol. The molecule has 1 heterocycles. The van der Waals surface area contributed by atoms with E-state index >= 15 is 0 Å². The Morgan fingerprint density at radius 1 is 1.50 bits per heavy atom. The van der Waals surface area contributed by atoms with Crippen molar-refractivity contribution >= 4 is 5.88 Å². The summed E-state index contributed by atoms with van der Waals surface area (Å²) < 4.78 is 39.8. The average Bonchev–Trinajstić information content (AvgIpc) is 2.29. The molecular weight excluding hydrogens is 175 g/mol. The van der Waals surface area contributed by atoms with Crippen LogP contribution in [0.25, 0.3) is 0 Å². The van der Waals surface area contributed by atoms with Crippen LogP contribution in [0.3, 0.4) is 0 Å². The van der Waals surface area contributed by atoms with Crippen LogP contribution in [0.4, 0.5) is 19.1 Å². The summed E-state index contributed by atoms with van der Waals surface area (Å²) in [4.78, 5) is 0. The zero-order chi connectivity index (χ0) is 9.35. The summed E-state index contributed by atoms with van der Waals surface area (Å²) in [6.45, 7) is 0. The highest BCUT2D eigenvalue weighted by Gasteiger charge is 2.39. The van der Waals surface area contributed by atoms with Crippen molar-refractivity contribution in [1.82, 2.24) is 5.16 Å². The molecule has 0 aliphatic heterocycles. The molecule has 0 bridgehead atoms. The van der Waals surface area contributed by atoms with E-state index in [0.717, 1.165) is 0 Å². The van der Waals surface area contributed by atoms with Crippen molar-refractivity contribution in [3.05, 3.63) is 11.3 Å². The number of nitrogen functional groups attached to an aromatic ring is 1. The summed E-state index contributed by atoms with van der Waals surface area (Å²) in [5, 5.41) is 10.8. The second-order valence-electron chi connectivity index (χ2n) is 1.88. The fourth-order valence-electron chi connectivity index (χ4n) is 0.604. The zero-order valence-electron chi connectivity index (χ0n) is 5.51. The van der Waals surface area contributed by atoms with Crippen molar-refractivity contribution < 1.29 is 17.7 Å². The molecule has 2 N–H and O–H groups in total. The number of alkyl halides is 3. The molecule has 0 atom stereocenters.